The first-order chi connectivity index (χ1) is 8.95. The molecule has 4 heteroatoms. The molecule has 0 aliphatic rings. The fourth-order valence-corrected chi connectivity index (χ4v) is 1.77. The Morgan fingerprint density at radius 1 is 1.32 bits per heavy atom. The van der Waals surface area contributed by atoms with Crippen LogP contribution in [-0.2, 0) is 11.3 Å². The molecule has 0 heterocycles. The Kier molecular flexibility index (Phi) is 5.83. The molecule has 0 aromatic heterocycles. The minimum absolute atomic E-state index is 0.119. The van der Waals surface area contributed by atoms with Gasteiger partial charge in [-0.2, -0.15) is 0 Å². The number of ether oxygens (including phenoxy) is 1. The summed E-state index contributed by atoms with van der Waals surface area (Å²) in [7, 11) is 1.61. The normalized spacial score (nSPS) is 12.3. The predicted molar refractivity (Wildman–Crippen MR) is 77.3 cm³/mol. The number of nitrogens with one attached hydrogen (secondary N) is 2. The molecule has 0 bridgehead atoms. The molecule has 0 radical (unpaired) electrons. The highest BCUT2D eigenvalue weighted by molar-refractivity contribution is 5.80. The molecule has 0 saturated heterocycles. The second-order valence-corrected chi connectivity index (χ2v) is 4.97. The van der Waals surface area contributed by atoms with Crippen LogP contribution in [0.2, 0.25) is 0 Å². The molecule has 1 aromatic carbocycles. The second kappa shape index (κ2) is 7.14. The summed E-state index contributed by atoms with van der Waals surface area (Å²) in [6, 6.07) is 6.42. The Labute approximate surface area is 115 Å². The molecule has 106 valence electrons. The van der Waals surface area contributed by atoms with Gasteiger partial charge in [-0.15, -0.1) is 0 Å². The fraction of sp³-hybridized carbons (Fsp3) is 0.533. The highest BCUT2D eigenvalue weighted by Crippen LogP contribution is 2.24. The van der Waals surface area contributed by atoms with Crippen LogP contribution in [0.3, 0.4) is 0 Å². The zero-order valence-electron chi connectivity index (χ0n) is 12.4. The molecule has 1 rings (SSSR count). The standard InChI is InChI=1S/C15H24N2O2/c1-10(2)17-9-13-8-6-7-11(3)14(13)19-12(4)15(18)16-5/h6-8,10,12,17H,9H2,1-5H3,(H,16,18). The topological polar surface area (TPSA) is 50.4 Å². The molecule has 4 nitrogen and oxygen atoms in total. The molecule has 0 saturated carbocycles. The number of aryl methyl sites for hydroxylation is 1. The van der Waals surface area contributed by atoms with Gasteiger partial charge in [0.15, 0.2) is 6.10 Å². The summed E-state index contributed by atoms with van der Waals surface area (Å²) in [6.07, 6.45) is -0.496. The van der Waals surface area contributed by atoms with Gasteiger partial charge < -0.3 is 15.4 Å². The molecule has 0 spiro atoms. The van der Waals surface area contributed by atoms with Gasteiger partial charge in [0, 0.05) is 25.2 Å². The molecule has 1 amide bonds. The number of benzene rings is 1. The first-order valence-electron chi connectivity index (χ1n) is 6.65. The Morgan fingerprint density at radius 3 is 2.58 bits per heavy atom. The number of hydrogen-bond donors (Lipinski definition) is 2. The van der Waals surface area contributed by atoms with E-state index >= 15 is 0 Å². The third-order valence-electron chi connectivity index (χ3n) is 2.90. The quantitative estimate of drug-likeness (QED) is 0.826. The Hall–Kier alpha value is -1.55. The molecule has 1 aromatic rings. The van der Waals surface area contributed by atoms with Crippen molar-refractivity contribution >= 4 is 5.91 Å². The van der Waals surface area contributed by atoms with Crippen molar-refractivity contribution in [1.29, 1.82) is 0 Å². The smallest absolute Gasteiger partial charge is 0.260 e. The van der Waals surface area contributed by atoms with E-state index in [-0.39, 0.29) is 5.91 Å². The number of amides is 1. The maximum absolute atomic E-state index is 11.6. The van der Waals surface area contributed by atoms with E-state index in [4.69, 9.17) is 4.74 Å². The summed E-state index contributed by atoms with van der Waals surface area (Å²) in [5.74, 6) is 0.678. The molecule has 2 N–H and O–H groups in total. The third kappa shape index (κ3) is 4.56. The van der Waals surface area contributed by atoms with Crippen LogP contribution < -0.4 is 15.4 Å². The minimum Gasteiger partial charge on any atom is -0.480 e. The van der Waals surface area contributed by atoms with E-state index in [1.54, 1.807) is 14.0 Å². The zero-order chi connectivity index (χ0) is 14.4. The van der Waals surface area contributed by atoms with Gasteiger partial charge in [0.05, 0.1) is 0 Å². The number of para-hydroxylation sites is 1. The lowest BCUT2D eigenvalue weighted by Crippen LogP contribution is -2.34. The van der Waals surface area contributed by atoms with Crippen molar-refractivity contribution < 1.29 is 9.53 Å². The first-order valence-corrected chi connectivity index (χ1v) is 6.65. The molecular weight excluding hydrogens is 240 g/mol. The van der Waals surface area contributed by atoms with Crippen molar-refractivity contribution in [3.63, 3.8) is 0 Å². The van der Waals surface area contributed by atoms with Gasteiger partial charge in [-0.05, 0) is 19.4 Å². The van der Waals surface area contributed by atoms with Crippen molar-refractivity contribution in [1.82, 2.24) is 10.6 Å². The summed E-state index contributed by atoms with van der Waals surface area (Å²) in [6.45, 7) is 8.68. The number of likely N-dealkylation sites (N-methyl/N-ethyl adjacent to an activating group) is 1. The Morgan fingerprint density at radius 2 is 2.00 bits per heavy atom. The van der Waals surface area contributed by atoms with Gasteiger partial charge in [-0.25, -0.2) is 0 Å². The number of rotatable bonds is 6. The van der Waals surface area contributed by atoms with Gasteiger partial charge in [0.1, 0.15) is 5.75 Å². The van der Waals surface area contributed by atoms with Crippen LogP contribution in [0.25, 0.3) is 0 Å². The lowest BCUT2D eigenvalue weighted by molar-refractivity contribution is -0.126. The molecule has 0 aliphatic carbocycles. The fourth-order valence-electron chi connectivity index (χ4n) is 1.77. The van der Waals surface area contributed by atoms with Crippen molar-refractivity contribution in [3.05, 3.63) is 29.3 Å². The van der Waals surface area contributed by atoms with Crippen LogP contribution in [-0.4, -0.2) is 25.1 Å². The maximum Gasteiger partial charge on any atom is 0.260 e. The monoisotopic (exact) mass is 264 g/mol. The predicted octanol–water partition coefficient (Wildman–Crippen LogP) is 2.01. The average Bonchev–Trinajstić information content (AvgIpc) is 2.38. The highest BCUT2D eigenvalue weighted by Gasteiger charge is 2.16. The number of hydrogen-bond acceptors (Lipinski definition) is 3. The zero-order valence-corrected chi connectivity index (χ0v) is 12.4. The lowest BCUT2D eigenvalue weighted by atomic mass is 10.1. The lowest BCUT2D eigenvalue weighted by Gasteiger charge is -2.19. The van der Waals surface area contributed by atoms with E-state index in [0.29, 0.717) is 6.04 Å². The molecule has 0 fully saturated rings. The summed E-state index contributed by atoms with van der Waals surface area (Å²) in [4.78, 5) is 11.6. The van der Waals surface area contributed by atoms with E-state index in [1.807, 2.05) is 25.1 Å². The largest absolute Gasteiger partial charge is 0.480 e. The van der Waals surface area contributed by atoms with Crippen LogP contribution in [0.15, 0.2) is 18.2 Å². The van der Waals surface area contributed by atoms with Gasteiger partial charge in [-0.3, -0.25) is 4.79 Å². The average molecular weight is 264 g/mol. The first kappa shape index (κ1) is 15.5. The Balaban J connectivity index is 2.88. The summed E-state index contributed by atoms with van der Waals surface area (Å²) in [5.41, 5.74) is 2.11. The highest BCUT2D eigenvalue weighted by atomic mass is 16.5. The van der Waals surface area contributed by atoms with E-state index in [1.165, 1.54) is 0 Å². The van der Waals surface area contributed by atoms with Crippen molar-refractivity contribution in [3.8, 4) is 5.75 Å². The van der Waals surface area contributed by atoms with Crippen molar-refractivity contribution in [2.75, 3.05) is 7.05 Å². The number of carbonyl (C=O) groups is 1. The Bertz CT molecular complexity index is 430. The van der Waals surface area contributed by atoms with Crippen molar-refractivity contribution in [2.24, 2.45) is 0 Å². The van der Waals surface area contributed by atoms with E-state index < -0.39 is 6.10 Å². The summed E-state index contributed by atoms with van der Waals surface area (Å²) >= 11 is 0. The van der Waals surface area contributed by atoms with E-state index in [2.05, 4.69) is 24.5 Å². The van der Waals surface area contributed by atoms with Crippen molar-refractivity contribution in [2.45, 2.75) is 46.4 Å². The minimum atomic E-state index is -0.496. The van der Waals surface area contributed by atoms with Crippen LogP contribution in [0.1, 0.15) is 31.9 Å². The molecule has 1 atom stereocenters. The van der Waals surface area contributed by atoms with Gasteiger partial charge in [-0.1, -0.05) is 32.0 Å². The van der Waals surface area contributed by atoms with Crippen LogP contribution in [0.5, 0.6) is 5.75 Å². The van der Waals surface area contributed by atoms with Gasteiger partial charge >= 0.3 is 0 Å². The number of carbonyl (C=O) groups excluding carboxylic acids is 1. The SMILES string of the molecule is CNC(=O)C(C)Oc1c(C)cccc1CNC(C)C. The van der Waals surface area contributed by atoms with Gasteiger partial charge in [0.25, 0.3) is 5.91 Å². The summed E-state index contributed by atoms with van der Waals surface area (Å²) in [5, 5.41) is 5.96. The molecular formula is C15H24N2O2. The molecule has 1 unspecified atom stereocenters. The maximum atomic E-state index is 11.6. The molecule has 19 heavy (non-hydrogen) atoms. The van der Waals surface area contributed by atoms with Crippen LogP contribution >= 0.6 is 0 Å². The second-order valence-electron chi connectivity index (χ2n) is 4.97. The van der Waals surface area contributed by atoms with E-state index in [9.17, 15) is 4.79 Å². The van der Waals surface area contributed by atoms with Crippen LogP contribution in [0.4, 0.5) is 0 Å². The third-order valence-corrected chi connectivity index (χ3v) is 2.90. The van der Waals surface area contributed by atoms with E-state index in [0.717, 1.165) is 23.4 Å². The van der Waals surface area contributed by atoms with Crippen LogP contribution in [0, 0.1) is 6.92 Å². The summed E-state index contributed by atoms with van der Waals surface area (Å²) < 4.78 is 5.81. The van der Waals surface area contributed by atoms with Gasteiger partial charge in [0.2, 0.25) is 0 Å². The molecule has 0 aliphatic heterocycles.